The number of nitrogens with zero attached hydrogens (tertiary/aromatic N) is 9. The van der Waals surface area contributed by atoms with Crippen LogP contribution in [0.2, 0.25) is 0 Å². The summed E-state index contributed by atoms with van der Waals surface area (Å²) in [5.74, 6) is 2.29. The second kappa shape index (κ2) is 10.7. The first kappa shape index (κ1) is 26.9. The third-order valence-electron chi connectivity index (χ3n) is 8.22. The summed E-state index contributed by atoms with van der Waals surface area (Å²) in [6.45, 7) is 6.18. The van der Waals surface area contributed by atoms with Crippen LogP contribution in [-0.2, 0) is 4.79 Å². The Morgan fingerprint density at radius 1 is 1.05 bits per heavy atom. The molecule has 220 valence electrons. The van der Waals surface area contributed by atoms with Crippen molar-refractivity contribution in [2.24, 2.45) is 5.41 Å². The summed E-state index contributed by atoms with van der Waals surface area (Å²) in [6.07, 6.45) is 11.5. The Labute approximate surface area is 249 Å². The van der Waals surface area contributed by atoms with Crippen molar-refractivity contribution < 1.29 is 9.53 Å². The van der Waals surface area contributed by atoms with Crippen LogP contribution in [0.5, 0.6) is 11.5 Å². The van der Waals surface area contributed by atoms with E-state index in [2.05, 4.69) is 36.4 Å². The molecule has 2 aliphatic heterocycles. The van der Waals surface area contributed by atoms with Gasteiger partial charge in [0.2, 0.25) is 5.91 Å². The standard InChI is InChI=1S/C31H34N10O2/c1-22-15-23(6-7-26(22)43-24-8-12-40-27(16-24)32-20-34-40)36-30-29-25(9-13-41(29)35-21-33-30)39-18-31(19-39)10-14-38(17-31)28(42)5-4-11-37(2)3/h4-9,12-13,15-16,20-21H,10-11,14,17-19H2,1-3H3,(H,33,35,36)/b5-4+. The topological polar surface area (TPSA) is 108 Å². The van der Waals surface area contributed by atoms with Gasteiger partial charge in [-0.1, -0.05) is 6.08 Å². The summed E-state index contributed by atoms with van der Waals surface area (Å²) >= 11 is 0. The van der Waals surface area contributed by atoms with Crippen LogP contribution >= 0.6 is 0 Å². The van der Waals surface area contributed by atoms with Gasteiger partial charge in [-0.15, -0.1) is 0 Å². The molecule has 12 nitrogen and oxygen atoms in total. The van der Waals surface area contributed by atoms with Gasteiger partial charge < -0.3 is 24.8 Å². The predicted octanol–water partition coefficient (Wildman–Crippen LogP) is 3.77. The lowest BCUT2D eigenvalue weighted by molar-refractivity contribution is -0.125. The van der Waals surface area contributed by atoms with Gasteiger partial charge in [-0.3, -0.25) is 4.79 Å². The van der Waals surface area contributed by atoms with Crippen molar-refractivity contribution in [2.75, 3.05) is 57.0 Å². The highest BCUT2D eigenvalue weighted by Crippen LogP contribution is 2.44. The molecular weight excluding hydrogens is 544 g/mol. The Bertz CT molecular complexity index is 1840. The minimum absolute atomic E-state index is 0.106. The van der Waals surface area contributed by atoms with Crippen LogP contribution in [0.25, 0.3) is 11.2 Å². The maximum Gasteiger partial charge on any atom is 0.246 e. The van der Waals surface area contributed by atoms with Gasteiger partial charge in [0.1, 0.15) is 29.7 Å². The third-order valence-corrected chi connectivity index (χ3v) is 8.22. The largest absolute Gasteiger partial charge is 0.457 e. The lowest BCUT2D eigenvalue weighted by Gasteiger charge is -2.49. The Morgan fingerprint density at radius 2 is 1.86 bits per heavy atom. The fourth-order valence-electron chi connectivity index (χ4n) is 6.04. The van der Waals surface area contributed by atoms with Gasteiger partial charge in [0.25, 0.3) is 0 Å². The van der Waals surface area contributed by atoms with Crippen molar-refractivity contribution in [3.05, 3.63) is 79.2 Å². The first-order valence-electron chi connectivity index (χ1n) is 14.4. The highest BCUT2D eigenvalue weighted by molar-refractivity contribution is 5.89. The van der Waals surface area contributed by atoms with E-state index in [-0.39, 0.29) is 11.3 Å². The molecule has 12 heteroatoms. The number of benzene rings is 1. The number of pyridine rings is 1. The van der Waals surface area contributed by atoms with E-state index in [9.17, 15) is 4.79 Å². The summed E-state index contributed by atoms with van der Waals surface area (Å²) < 4.78 is 9.70. The van der Waals surface area contributed by atoms with Crippen LogP contribution in [0.4, 0.5) is 17.2 Å². The molecule has 0 saturated carbocycles. The number of amides is 1. The maximum atomic E-state index is 12.7. The molecule has 0 radical (unpaired) electrons. The van der Waals surface area contributed by atoms with Crippen molar-refractivity contribution in [3.8, 4) is 11.5 Å². The van der Waals surface area contributed by atoms with Gasteiger partial charge in [0.15, 0.2) is 11.5 Å². The number of nitrogens with one attached hydrogen (secondary N) is 1. The number of ether oxygens (including phenoxy) is 1. The number of anilines is 3. The molecule has 43 heavy (non-hydrogen) atoms. The normalized spacial score (nSPS) is 16.2. The molecule has 0 aliphatic carbocycles. The molecule has 2 aliphatic rings. The quantitative estimate of drug-likeness (QED) is 0.275. The molecule has 5 aromatic rings. The fourth-order valence-corrected chi connectivity index (χ4v) is 6.04. The van der Waals surface area contributed by atoms with Gasteiger partial charge in [0.05, 0.1) is 5.69 Å². The highest BCUT2D eigenvalue weighted by atomic mass is 16.5. The number of hydrogen-bond donors (Lipinski definition) is 1. The van der Waals surface area contributed by atoms with Gasteiger partial charge in [-0.05, 0) is 63.3 Å². The Kier molecular flexibility index (Phi) is 6.69. The molecule has 2 saturated heterocycles. The number of carbonyl (C=O) groups excluding carboxylic acids is 1. The number of fused-ring (bicyclic) bond motifs is 2. The lowest BCUT2D eigenvalue weighted by Crippen LogP contribution is -2.58. The first-order chi connectivity index (χ1) is 20.9. The first-order valence-corrected chi connectivity index (χ1v) is 14.4. The second-order valence-corrected chi connectivity index (χ2v) is 11.8. The van der Waals surface area contributed by atoms with E-state index in [4.69, 9.17) is 4.74 Å². The molecule has 2 fully saturated rings. The van der Waals surface area contributed by atoms with E-state index in [1.54, 1.807) is 16.9 Å². The average molecular weight is 579 g/mol. The van der Waals surface area contributed by atoms with Gasteiger partial charge in [0, 0.05) is 68.4 Å². The van der Waals surface area contributed by atoms with Crippen molar-refractivity contribution in [1.82, 2.24) is 39.0 Å². The van der Waals surface area contributed by atoms with E-state index in [1.807, 2.05) is 84.1 Å². The molecule has 1 spiro atoms. The van der Waals surface area contributed by atoms with Crippen LogP contribution in [-0.4, -0.2) is 91.7 Å². The van der Waals surface area contributed by atoms with E-state index in [0.717, 1.165) is 78.8 Å². The molecule has 1 amide bonds. The molecular formula is C31H34N10O2. The Balaban J connectivity index is 1.04. The summed E-state index contributed by atoms with van der Waals surface area (Å²) in [7, 11) is 3.99. The molecule has 0 bridgehead atoms. The number of aromatic nitrogens is 6. The Hall–Kier alpha value is -4.97. The highest BCUT2D eigenvalue weighted by Gasteiger charge is 2.49. The van der Waals surface area contributed by atoms with Crippen molar-refractivity contribution in [2.45, 2.75) is 13.3 Å². The smallest absolute Gasteiger partial charge is 0.246 e. The van der Waals surface area contributed by atoms with E-state index in [1.165, 1.54) is 6.33 Å². The van der Waals surface area contributed by atoms with Crippen LogP contribution in [0.1, 0.15) is 12.0 Å². The van der Waals surface area contributed by atoms with E-state index >= 15 is 0 Å². The van der Waals surface area contributed by atoms with Crippen molar-refractivity contribution >= 4 is 34.3 Å². The number of likely N-dealkylation sites (N-methyl/N-ethyl adjacent to an activating group) is 1. The number of likely N-dealkylation sites (tertiary alicyclic amines) is 1. The maximum absolute atomic E-state index is 12.7. The van der Waals surface area contributed by atoms with Crippen LogP contribution in [0.15, 0.2) is 73.6 Å². The zero-order valence-electron chi connectivity index (χ0n) is 24.5. The van der Waals surface area contributed by atoms with Crippen LogP contribution in [0, 0.1) is 12.3 Å². The monoisotopic (exact) mass is 578 g/mol. The number of carbonyl (C=O) groups is 1. The number of aryl methyl sites for hydroxylation is 1. The van der Waals surface area contributed by atoms with E-state index in [0.29, 0.717) is 5.75 Å². The van der Waals surface area contributed by atoms with Gasteiger partial charge in [-0.25, -0.2) is 19.0 Å². The molecule has 1 N–H and O–H groups in total. The predicted molar refractivity (Wildman–Crippen MR) is 164 cm³/mol. The molecule has 6 heterocycles. The molecule has 4 aromatic heterocycles. The molecule has 0 unspecified atom stereocenters. The summed E-state index contributed by atoms with van der Waals surface area (Å²) in [4.78, 5) is 27.9. The van der Waals surface area contributed by atoms with Crippen LogP contribution < -0.4 is 15.0 Å². The van der Waals surface area contributed by atoms with E-state index < -0.39 is 0 Å². The van der Waals surface area contributed by atoms with Crippen molar-refractivity contribution in [1.29, 1.82) is 0 Å². The molecule has 0 atom stereocenters. The molecule has 1 aromatic carbocycles. The van der Waals surface area contributed by atoms with Gasteiger partial charge in [-0.2, -0.15) is 10.2 Å². The SMILES string of the molecule is Cc1cc(Nc2ncnn3ccc(N4CC5(CCN(C(=O)/C=C/CN(C)C)C5)C4)c23)ccc1Oc1ccn2ncnc2c1. The number of rotatable bonds is 8. The van der Waals surface area contributed by atoms with Gasteiger partial charge >= 0.3 is 0 Å². The zero-order chi connectivity index (χ0) is 29.6. The summed E-state index contributed by atoms with van der Waals surface area (Å²) in [5, 5.41) is 12.1. The summed E-state index contributed by atoms with van der Waals surface area (Å²) in [5.41, 5.74) is 4.75. The average Bonchev–Trinajstić information content (AvgIpc) is 3.72. The minimum atomic E-state index is 0.106. The third kappa shape index (κ3) is 5.25. The summed E-state index contributed by atoms with van der Waals surface area (Å²) in [6, 6.07) is 11.8. The second-order valence-electron chi connectivity index (χ2n) is 11.8. The number of hydrogen-bond acceptors (Lipinski definition) is 9. The minimum Gasteiger partial charge on any atom is -0.457 e. The Morgan fingerprint density at radius 3 is 2.70 bits per heavy atom. The molecule has 7 rings (SSSR count). The zero-order valence-corrected chi connectivity index (χ0v) is 24.5. The fraction of sp³-hybridized carbons (Fsp3) is 0.323. The lowest BCUT2D eigenvalue weighted by atomic mass is 9.79. The van der Waals surface area contributed by atoms with Crippen molar-refractivity contribution in [3.63, 3.8) is 0 Å². The van der Waals surface area contributed by atoms with Crippen LogP contribution in [0.3, 0.4) is 0 Å².